The Bertz CT molecular complexity index is 1460. The Kier molecular flexibility index (Phi) is 4.32. The third-order valence-corrected chi connectivity index (χ3v) is 6.46. The first kappa shape index (κ1) is 19.8. The molecule has 4 rings (SSSR count). The molecule has 0 unspecified atom stereocenters. The summed E-state index contributed by atoms with van der Waals surface area (Å²) >= 11 is 0. The van der Waals surface area contributed by atoms with Crippen LogP contribution in [-0.2, 0) is 23.1 Å². The molecule has 0 saturated carbocycles. The van der Waals surface area contributed by atoms with Crippen molar-refractivity contribution in [2.45, 2.75) is 18.0 Å². The highest BCUT2D eigenvalue weighted by molar-refractivity contribution is 7.91. The van der Waals surface area contributed by atoms with Gasteiger partial charge >= 0.3 is 6.18 Å². The molecular weight excluding hydrogens is 421 g/mol. The van der Waals surface area contributed by atoms with Crippen molar-refractivity contribution in [3.63, 3.8) is 0 Å². The number of aryl methyl sites for hydroxylation is 1. The molecule has 4 aromatic heterocycles. The van der Waals surface area contributed by atoms with Gasteiger partial charge in [-0.1, -0.05) is 6.92 Å². The zero-order chi connectivity index (χ0) is 21.8. The minimum Gasteiger partial charge on any atom is -0.324 e. The van der Waals surface area contributed by atoms with E-state index < -0.39 is 21.7 Å². The van der Waals surface area contributed by atoms with Gasteiger partial charge in [0.15, 0.2) is 15.7 Å². The van der Waals surface area contributed by atoms with Crippen LogP contribution in [0, 0.1) is 11.3 Å². The molecule has 0 aromatic carbocycles. The molecule has 4 aromatic rings. The topological polar surface area (TPSA) is 106 Å². The third kappa shape index (κ3) is 2.98. The van der Waals surface area contributed by atoms with Crippen molar-refractivity contribution in [2.24, 2.45) is 7.05 Å². The number of fused-ring (bicyclic) bond motifs is 2. The van der Waals surface area contributed by atoms with Crippen molar-refractivity contribution in [1.82, 2.24) is 24.1 Å². The molecule has 0 bridgehead atoms. The van der Waals surface area contributed by atoms with Gasteiger partial charge in [-0.2, -0.15) is 23.5 Å². The average molecular weight is 434 g/mol. The van der Waals surface area contributed by atoms with Gasteiger partial charge in [0.25, 0.3) is 0 Å². The van der Waals surface area contributed by atoms with Crippen LogP contribution >= 0.6 is 0 Å². The number of nitriles is 1. The van der Waals surface area contributed by atoms with E-state index in [1.807, 2.05) is 6.07 Å². The van der Waals surface area contributed by atoms with Gasteiger partial charge in [-0.15, -0.1) is 0 Å². The molecule has 0 atom stereocenters. The van der Waals surface area contributed by atoms with Crippen LogP contribution in [0.25, 0.3) is 28.1 Å². The Morgan fingerprint density at radius 2 is 1.97 bits per heavy atom. The number of hydrogen-bond acceptors (Lipinski definition) is 6. The molecule has 30 heavy (non-hydrogen) atoms. The first-order valence-electron chi connectivity index (χ1n) is 8.62. The van der Waals surface area contributed by atoms with E-state index >= 15 is 0 Å². The van der Waals surface area contributed by atoms with Crippen molar-refractivity contribution >= 4 is 26.4 Å². The SMILES string of the molecule is CCS(=O)(=O)c1c(-c2nc3cc(C(F)(F)F)ncc3n2C)nn2cc(C#N)ccc12. The Morgan fingerprint density at radius 1 is 1.23 bits per heavy atom. The lowest BCUT2D eigenvalue weighted by Crippen LogP contribution is -2.07. The number of aromatic nitrogens is 5. The summed E-state index contributed by atoms with van der Waals surface area (Å²) in [7, 11) is -2.25. The maximum Gasteiger partial charge on any atom is 0.433 e. The summed E-state index contributed by atoms with van der Waals surface area (Å²) in [5, 5.41) is 13.4. The minimum absolute atomic E-state index is 0.00411. The van der Waals surface area contributed by atoms with E-state index in [1.54, 1.807) is 0 Å². The van der Waals surface area contributed by atoms with Crippen LogP contribution in [0.2, 0.25) is 0 Å². The normalized spacial score (nSPS) is 12.5. The number of pyridine rings is 2. The first-order valence-corrected chi connectivity index (χ1v) is 10.3. The fourth-order valence-corrected chi connectivity index (χ4v) is 4.34. The van der Waals surface area contributed by atoms with Gasteiger partial charge < -0.3 is 4.57 Å². The molecule has 0 aliphatic carbocycles. The second-order valence-corrected chi connectivity index (χ2v) is 8.71. The summed E-state index contributed by atoms with van der Waals surface area (Å²) in [5.41, 5.74) is -0.320. The van der Waals surface area contributed by atoms with Gasteiger partial charge in [0, 0.05) is 13.2 Å². The number of nitrogens with zero attached hydrogens (tertiary/aromatic N) is 6. The van der Waals surface area contributed by atoms with E-state index in [1.165, 1.54) is 41.4 Å². The van der Waals surface area contributed by atoms with Crippen LogP contribution in [0.3, 0.4) is 0 Å². The summed E-state index contributed by atoms with van der Waals surface area (Å²) in [4.78, 5) is 7.55. The Morgan fingerprint density at radius 3 is 2.60 bits per heavy atom. The summed E-state index contributed by atoms with van der Waals surface area (Å²) in [6, 6.07) is 5.67. The lowest BCUT2D eigenvalue weighted by molar-refractivity contribution is -0.141. The highest BCUT2D eigenvalue weighted by Crippen LogP contribution is 2.34. The molecule has 154 valence electrons. The molecule has 0 aliphatic heterocycles. The number of rotatable bonds is 3. The van der Waals surface area contributed by atoms with Crippen LogP contribution in [-0.4, -0.2) is 38.3 Å². The quantitative estimate of drug-likeness (QED) is 0.491. The maximum absolute atomic E-state index is 13.0. The van der Waals surface area contributed by atoms with E-state index in [0.29, 0.717) is 0 Å². The van der Waals surface area contributed by atoms with E-state index in [0.717, 1.165) is 12.3 Å². The second-order valence-electron chi connectivity index (χ2n) is 6.49. The highest BCUT2D eigenvalue weighted by Gasteiger charge is 2.34. The monoisotopic (exact) mass is 434 g/mol. The molecule has 0 fully saturated rings. The second kappa shape index (κ2) is 6.53. The van der Waals surface area contributed by atoms with Gasteiger partial charge in [-0.05, 0) is 18.2 Å². The van der Waals surface area contributed by atoms with Crippen molar-refractivity contribution in [1.29, 1.82) is 5.26 Å². The molecule has 0 amide bonds. The fraction of sp³-hybridized carbons (Fsp3) is 0.222. The zero-order valence-electron chi connectivity index (χ0n) is 15.6. The molecule has 0 spiro atoms. The van der Waals surface area contributed by atoms with Crippen LogP contribution < -0.4 is 0 Å². The van der Waals surface area contributed by atoms with Crippen molar-refractivity contribution in [3.05, 3.63) is 41.9 Å². The third-order valence-electron chi connectivity index (χ3n) is 4.67. The summed E-state index contributed by atoms with van der Waals surface area (Å²) < 4.78 is 67.3. The first-order chi connectivity index (χ1) is 14.1. The lowest BCUT2D eigenvalue weighted by Gasteiger charge is -2.05. The van der Waals surface area contributed by atoms with E-state index in [-0.39, 0.29) is 44.3 Å². The Balaban J connectivity index is 2.06. The van der Waals surface area contributed by atoms with E-state index in [4.69, 9.17) is 5.26 Å². The van der Waals surface area contributed by atoms with Crippen LogP contribution in [0.5, 0.6) is 0 Å². The van der Waals surface area contributed by atoms with Crippen molar-refractivity contribution < 1.29 is 21.6 Å². The lowest BCUT2D eigenvalue weighted by atomic mass is 10.3. The Hall–Kier alpha value is -3.46. The summed E-state index contributed by atoms with van der Waals surface area (Å²) in [5.74, 6) is -0.147. The van der Waals surface area contributed by atoms with Gasteiger partial charge in [0.05, 0.1) is 34.1 Å². The van der Waals surface area contributed by atoms with Gasteiger partial charge in [-0.3, -0.25) is 0 Å². The molecule has 0 saturated heterocycles. The average Bonchev–Trinajstić information content (AvgIpc) is 3.24. The molecule has 12 heteroatoms. The van der Waals surface area contributed by atoms with Gasteiger partial charge in [0.2, 0.25) is 0 Å². The molecule has 8 nitrogen and oxygen atoms in total. The van der Waals surface area contributed by atoms with Crippen molar-refractivity contribution in [2.75, 3.05) is 5.75 Å². The number of alkyl halides is 3. The number of sulfone groups is 1. The fourth-order valence-electron chi connectivity index (χ4n) is 3.15. The molecule has 0 N–H and O–H groups in total. The molecule has 0 radical (unpaired) electrons. The minimum atomic E-state index is -4.64. The van der Waals surface area contributed by atoms with Crippen LogP contribution in [0.4, 0.5) is 13.2 Å². The standard InChI is InChI=1S/C18H13F3N6O2S/c1-3-30(28,29)16-12-5-4-10(7-22)9-27(12)25-15(16)17-24-11-6-14(18(19,20)21)23-8-13(11)26(17)2/h4-6,8-9H,3H2,1-2H3. The number of halogens is 3. The van der Waals surface area contributed by atoms with Gasteiger partial charge in [0.1, 0.15) is 22.4 Å². The zero-order valence-corrected chi connectivity index (χ0v) is 16.5. The van der Waals surface area contributed by atoms with E-state index in [2.05, 4.69) is 15.1 Å². The summed E-state index contributed by atoms with van der Waals surface area (Å²) in [6.07, 6.45) is -2.23. The van der Waals surface area contributed by atoms with Gasteiger partial charge in [-0.25, -0.2) is 22.9 Å². The molecule has 0 aliphatic rings. The number of imidazole rings is 1. The highest BCUT2D eigenvalue weighted by atomic mass is 32.2. The van der Waals surface area contributed by atoms with Crippen LogP contribution in [0.1, 0.15) is 18.2 Å². The predicted octanol–water partition coefficient (Wildman–Crippen LogP) is 2.97. The number of hydrogen-bond donors (Lipinski definition) is 0. The smallest absolute Gasteiger partial charge is 0.324 e. The molecular formula is C18H13F3N6O2S. The predicted molar refractivity (Wildman–Crippen MR) is 100 cm³/mol. The largest absolute Gasteiger partial charge is 0.433 e. The Labute approximate surface area is 168 Å². The van der Waals surface area contributed by atoms with Crippen molar-refractivity contribution in [3.8, 4) is 17.6 Å². The molecule has 4 heterocycles. The maximum atomic E-state index is 13.0. The summed E-state index contributed by atoms with van der Waals surface area (Å²) in [6.45, 7) is 1.47. The van der Waals surface area contributed by atoms with Crippen LogP contribution in [0.15, 0.2) is 35.5 Å². The van der Waals surface area contributed by atoms with E-state index in [9.17, 15) is 21.6 Å².